The zero-order chi connectivity index (χ0) is 9.10. The number of hydrogen-bond acceptors (Lipinski definition) is 2. The van der Waals surface area contributed by atoms with E-state index in [1.807, 2.05) is 0 Å². The van der Waals surface area contributed by atoms with Crippen molar-refractivity contribution in [1.82, 2.24) is 4.90 Å². The minimum absolute atomic E-state index is 0.733. The van der Waals surface area contributed by atoms with Crippen molar-refractivity contribution in [1.29, 1.82) is 0 Å². The summed E-state index contributed by atoms with van der Waals surface area (Å²) >= 11 is 0. The van der Waals surface area contributed by atoms with E-state index in [0.717, 1.165) is 25.2 Å². The minimum Gasteiger partial charge on any atom is -0.380 e. The Kier molecular flexibility index (Phi) is 3.23. The van der Waals surface area contributed by atoms with Gasteiger partial charge in [-0.3, -0.25) is 4.90 Å². The van der Waals surface area contributed by atoms with E-state index >= 15 is 0 Å². The summed E-state index contributed by atoms with van der Waals surface area (Å²) in [6.45, 7) is 6.94. The normalized spacial score (nSPS) is 37.6. The average Bonchev–Trinajstić information content (AvgIpc) is 2.19. The molecule has 0 bridgehead atoms. The van der Waals surface area contributed by atoms with Crippen LogP contribution >= 0.6 is 0 Å². The second-order valence-electron chi connectivity index (χ2n) is 4.61. The monoisotopic (exact) mass is 183 g/mol. The summed E-state index contributed by atoms with van der Waals surface area (Å²) in [5, 5.41) is 0. The largest absolute Gasteiger partial charge is 0.380 e. The molecule has 0 saturated carbocycles. The standard InChI is InChI=1S/C11H21NO/c1-10-4-2-6-12(8-10)11-5-3-7-13-9-11/h10-11H,2-9H2,1H3. The molecule has 2 unspecified atom stereocenters. The Balaban J connectivity index is 1.83. The molecule has 76 valence electrons. The SMILES string of the molecule is CC1CCCN(C2CCCOC2)C1. The maximum absolute atomic E-state index is 5.53. The fraction of sp³-hybridized carbons (Fsp3) is 1.00. The van der Waals surface area contributed by atoms with Crippen LogP contribution < -0.4 is 0 Å². The highest BCUT2D eigenvalue weighted by Crippen LogP contribution is 2.21. The number of ether oxygens (including phenoxy) is 1. The molecule has 0 spiro atoms. The zero-order valence-electron chi connectivity index (χ0n) is 8.67. The summed E-state index contributed by atoms with van der Waals surface area (Å²) < 4.78 is 5.53. The first-order chi connectivity index (χ1) is 6.36. The van der Waals surface area contributed by atoms with Gasteiger partial charge < -0.3 is 4.74 Å². The topological polar surface area (TPSA) is 12.5 Å². The van der Waals surface area contributed by atoms with E-state index < -0.39 is 0 Å². The molecule has 2 saturated heterocycles. The highest BCUT2D eigenvalue weighted by Gasteiger charge is 2.25. The molecule has 0 aliphatic carbocycles. The molecule has 2 aliphatic rings. The Morgan fingerprint density at radius 1 is 1.23 bits per heavy atom. The Labute approximate surface area is 81.3 Å². The molecule has 2 fully saturated rings. The smallest absolute Gasteiger partial charge is 0.0621 e. The van der Waals surface area contributed by atoms with E-state index in [0.29, 0.717) is 0 Å². The van der Waals surface area contributed by atoms with Gasteiger partial charge in [-0.2, -0.15) is 0 Å². The molecular weight excluding hydrogens is 162 g/mol. The predicted octanol–water partition coefficient (Wildman–Crippen LogP) is 1.90. The molecule has 0 aromatic heterocycles. The van der Waals surface area contributed by atoms with Gasteiger partial charge in [0.1, 0.15) is 0 Å². The molecule has 2 nitrogen and oxygen atoms in total. The van der Waals surface area contributed by atoms with Crippen molar-refractivity contribution in [2.24, 2.45) is 5.92 Å². The van der Waals surface area contributed by atoms with E-state index in [-0.39, 0.29) is 0 Å². The first kappa shape index (κ1) is 9.47. The Bertz CT molecular complexity index is 154. The predicted molar refractivity (Wildman–Crippen MR) is 53.8 cm³/mol. The molecular formula is C11H21NO. The lowest BCUT2D eigenvalue weighted by Gasteiger charge is -2.38. The maximum Gasteiger partial charge on any atom is 0.0621 e. The van der Waals surface area contributed by atoms with Gasteiger partial charge in [-0.25, -0.2) is 0 Å². The first-order valence-corrected chi connectivity index (χ1v) is 5.68. The van der Waals surface area contributed by atoms with Gasteiger partial charge in [0.15, 0.2) is 0 Å². The van der Waals surface area contributed by atoms with E-state index in [1.54, 1.807) is 0 Å². The summed E-state index contributed by atoms with van der Waals surface area (Å²) in [6, 6.07) is 0.733. The highest BCUT2D eigenvalue weighted by molar-refractivity contribution is 4.79. The van der Waals surface area contributed by atoms with Crippen LogP contribution in [0.4, 0.5) is 0 Å². The maximum atomic E-state index is 5.53. The van der Waals surface area contributed by atoms with E-state index in [9.17, 15) is 0 Å². The lowest BCUT2D eigenvalue weighted by molar-refractivity contribution is 0.00330. The second-order valence-corrected chi connectivity index (χ2v) is 4.61. The van der Waals surface area contributed by atoms with E-state index in [2.05, 4.69) is 11.8 Å². The summed E-state index contributed by atoms with van der Waals surface area (Å²) in [5.41, 5.74) is 0. The number of nitrogens with zero attached hydrogens (tertiary/aromatic N) is 1. The van der Waals surface area contributed by atoms with Crippen molar-refractivity contribution in [3.63, 3.8) is 0 Å². The van der Waals surface area contributed by atoms with Gasteiger partial charge >= 0.3 is 0 Å². The molecule has 0 N–H and O–H groups in total. The first-order valence-electron chi connectivity index (χ1n) is 5.68. The van der Waals surface area contributed by atoms with Crippen LogP contribution in [0.15, 0.2) is 0 Å². The van der Waals surface area contributed by atoms with Crippen molar-refractivity contribution in [3.05, 3.63) is 0 Å². The van der Waals surface area contributed by atoms with Gasteiger partial charge in [0.05, 0.1) is 6.61 Å². The van der Waals surface area contributed by atoms with Crippen LogP contribution in [-0.2, 0) is 4.74 Å². The third-order valence-corrected chi connectivity index (χ3v) is 3.34. The molecule has 0 amide bonds. The van der Waals surface area contributed by atoms with E-state index in [1.165, 1.54) is 38.8 Å². The molecule has 2 rings (SSSR count). The van der Waals surface area contributed by atoms with Crippen molar-refractivity contribution in [2.75, 3.05) is 26.3 Å². The Morgan fingerprint density at radius 3 is 2.85 bits per heavy atom. The van der Waals surface area contributed by atoms with Crippen LogP contribution in [0.2, 0.25) is 0 Å². The van der Waals surface area contributed by atoms with E-state index in [4.69, 9.17) is 4.74 Å². The van der Waals surface area contributed by atoms with Crippen LogP contribution in [0.1, 0.15) is 32.6 Å². The van der Waals surface area contributed by atoms with Crippen LogP contribution in [-0.4, -0.2) is 37.2 Å². The minimum atomic E-state index is 0.733. The number of rotatable bonds is 1. The Hall–Kier alpha value is -0.0800. The van der Waals surface area contributed by atoms with Crippen LogP contribution in [0.25, 0.3) is 0 Å². The van der Waals surface area contributed by atoms with Gasteiger partial charge in [0.25, 0.3) is 0 Å². The molecule has 2 atom stereocenters. The van der Waals surface area contributed by atoms with Gasteiger partial charge in [-0.15, -0.1) is 0 Å². The third kappa shape index (κ3) is 2.44. The van der Waals surface area contributed by atoms with Crippen LogP contribution in [0.3, 0.4) is 0 Å². The lowest BCUT2D eigenvalue weighted by atomic mass is 9.97. The quantitative estimate of drug-likeness (QED) is 0.615. The van der Waals surface area contributed by atoms with Gasteiger partial charge in [0, 0.05) is 19.2 Å². The Morgan fingerprint density at radius 2 is 2.15 bits per heavy atom. The fourth-order valence-corrected chi connectivity index (χ4v) is 2.57. The van der Waals surface area contributed by atoms with Gasteiger partial charge in [-0.05, 0) is 38.1 Å². The van der Waals surface area contributed by atoms with Crippen LogP contribution in [0.5, 0.6) is 0 Å². The molecule has 0 aromatic carbocycles. The highest BCUT2D eigenvalue weighted by atomic mass is 16.5. The number of hydrogen-bond donors (Lipinski definition) is 0. The zero-order valence-corrected chi connectivity index (χ0v) is 8.67. The molecule has 2 aliphatic heterocycles. The van der Waals surface area contributed by atoms with Crippen molar-refractivity contribution < 1.29 is 4.74 Å². The molecule has 13 heavy (non-hydrogen) atoms. The van der Waals surface area contributed by atoms with Crippen molar-refractivity contribution in [2.45, 2.75) is 38.6 Å². The van der Waals surface area contributed by atoms with Crippen LogP contribution in [0, 0.1) is 5.92 Å². The summed E-state index contributed by atoms with van der Waals surface area (Å²) in [4.78, 5) is 2.65. The summed E-state index contributed by atoms with van der Waals surface area (Å²) in [5.74, 6) is 0.899. The molecule has 2 heterocycles. The molecule has 0 radical (unpaired) electrons. The number of likely N-dealkylation sites (tertiary alicyclic amines) is 1. The third-order valence-electron chi connectivity index (χ3n) is 3.34. The van der Waals surface area contributed by atoms with Gasteiger partial charge in [0.2, 0.25) is 0 Å². The lowest BCUT2D eigenvalue weighted by Crippen LogP contribution is -2.45. The van der Waals surface area contributed by atoms with Gasteiger partial charge in [-0.1, -0.05) is 6.92 Å². The molecule has 0 aromatic rings. The average molecular weight is 183 g/mol. The number of piperidine rings is 1. The summed E-state index contributed by atoms with van der Waals surface area (Å²) in [6.07, 6.45) is 5.42. The molecule has 2 heteroatoms. The van der Waals surface area contributed by atoms with Crippen molar-refractivity contribution >= 4 is 0 Å². The summed E-state index contributed by atoms with van der Waals surface area (Å²) in [7, 11) is 0. The second kappa shape index (κ2) is 4.43. The van der Waals surface area contributed by atoms with Crippen molar-refractivity contribution in [3.8, 4) is 0 Å². The fourth-order valence-electron chi connectivity index (χ4n) is 2.57.